The molecule has 1 aliphatic heterocycles. The van der Waals surface area contributed by atoms with Gasteiger partial charge in [-0.15, -0.1) is 0 Å². The molecular weight excluding hydrogens is 340 g/mol. The molecule has 0 spiro atoms. The number of amides is 1. The Morgan fingerprint density at radius 3 is 2.56 bits per heavy atom. The van der Waals surface area contributed by atoms with E-state index in [-0.39, 0.29) is 5.91 Å². The lowest BCUT2D eigenvalue weighted by Crippen LogP contribution is -2.52. The van der Waals surface area contributed by atoms with Gasteiger partial charge in [-0.25, -0.2) is 9.97 Å². The van der Waals surface area contributed by atoms with Gasteiger partial charge in [0, 0.05) is 38.6 Å². The van der Waals surface area contributed by atoms with Gasteiger partial charge in [-0.1, -0.05) is 17.7 Å². The van der Waals surface area contributed by atoms with Crippen LogP contribution in [0.1, 0.15) is 12.5 Å². The van der Waals surface area contributed by atoms with E-state index in [9.17, 15) is 4.79 Å². The smallest absolute Gasteiger partial charge is 0.263 e. The Balaban J connectivity index is 1.57. The van der Waals surface area contributed by atoms with Gasteiger partial charge in [0.25, 0.3) is 5.91 Å². The molecule has 0 aliphatic carbocycles. The van der Waals surface area contributed by atoms with Crippen molar-refractivity contribution in [2.75, 3.05) is 31.1 Å². The fraction of sp³-hybridized carbons (Fsp3) is 0.389. The van der Waals surface area contributed by atoms with Crippen LogP contribution in [0.4, 0.5) is 5.95 Å². The molecule has 2 heterocycles. The van der Waals surface area contributed by atoms with E-state index in [1.807, 2.05) is 24.0 Å². The second-order valence-corrected chi connectivity index (χ2v) is 6.46. The number of anilines is 1. The quantitative estimate of drug-likeness (QED) is 0.838. The standard InChI is InChI=1S/C18H21ClN4O2/c1-13-4-5-15(19)16(12-13)25-14(2)17(24)22-8-10-23(11-9-22)18-20-6-3-7-21-18/h3-7,12,14H,8-11H2,1-2H3/t14-/m0/s1. The van der Waals surface area contributed by atoms with Gasteiger partial charge in [0.05, 0.1) is 5.02 Å². The molecule has 0 bridgehead atoms. The van der Waals surface area contributed by atoms with Crippen molar-refractivity contribution in [3.8, 4) is 5.75 Å². The van der Waals surface area contributed by atoms with Crippen molar-refractivity contribution in [3.05, 3.63) is 47.2 Å². The van der Waals surface area contributed by atoms with Crippen molar-refractivity contribution in [2.24, 2.45) is 0 Å². The molecule has 1 saturated heterocycles. The second-order valence-electron chi connectivity index (χ2n) is 6.06. The number of aromatic nitrogens is 2. The van der Waals surface area contributed by atoms with Crippen LogP contribution in [0.5, 0.6) is 5.75 Å². The number of carbonyl (C=O) groups excluding carboxylic acids is 1. The van der Waals surface area contributed by atoms with Gasteiger partial charge < -0.3 is 14.5 Å². The molecule has 1 fully saturated rings. The molecule has 1 aromatic heterocycles. The molecule has 25 heavy (non-hydrogen) atoms. The minimum atomic E-state index is -0.584. The number of hydrogen-bond donors (Lipinski definition) is 0. The Bertz CT molecular complexity index is 733. The van der Waals surface area contributed by atoms with Gasteiger partial charge >= 0.3 is 0 Å². The Kier molecular flexibility index (Phi) is 5.38. The molecule has 1 amide bonds. The Morgan fingerprint density at radius 1 is 1.20 bits per heavy atom. The lowest BCUT2D eigenvalue weighted by Gasteiger charge is -2.35. The van der Waals surface area contributed by atoms with Gasteiger partial charge in [-0.05, 0) is 37.6 Å². The van der Waals surface area contributed by atoms with E-state index in [0.717, 1.165) is 5.56 Å². The van der Waals surface area contributed by atoms with E-state index < -0.39 is 6.10 Å². The second kappa shape index (κ2) is 7.70. The summed E-state index contributed by atoms with van der Waals surface area (Å²) in [4.78, 5) is 25.0. The van der Waals surface area contributed by atoms with E-state index in [1.54, 1.807) is 31.5 Å². The van der Waals surface area contributed by atoms with Crippen LogP contribution in [0.25, 0.3) is 0 Å². The first-order chi connectivity index (χ1) is 12.0. The summed E-state index contributed by atoms with van der Waals surface area (Å²) in [6.45, 7) is 6.36. The van der Waals surface area contributed by atoms with Crippen molar-refractivity contribution >= 4 is 23.5 Å². The number of hydrogen-bond acceptors (Lipinski definition) is 5. The first-order valence-corrected chi connectivity index (χ1v) is 8.66. The van der Waals surface area contributed by atoms with Crippen LogP contribution >= 0.6 is 11.6 Å². The van der Waals surface area contributed by atoms with E-state index in [0.29, 0.717) is 42.9 Å². The Morgan fingerprint density at radius 2 is 1.88 bits per heavy atom. The molecule has 1 aromatic carbocycles. The number of piperazine rings is 1. The molecule has 3 rings (SSSR count). The first-order valence-electron chi connectivity index (χ1n) is 8.28. The zero-order chi connectivity index (χ0) is 17.8. The average molecular weight is 361 g/mol. The predicted octanol–water partition coefficient (Wildman–Crippen LogP) is 2.55. The van der Waals surface area contributed by atoms with Crippen LogP contribution in [0.3, 0.4) is 0 Å². The monoisotopic (exact) mass is 360 g/mol. The molecular formula is C18H21ClN4O2. The fourth-order valence-corrected chi connectivity index (χ4v) is 2.94. The lowest BCUT2D eigenvalue weighted by atomic mass is 10.2. The molecule has 7 heteroatoms. The van der Waals surface area contributed by atoms with Crippen molar-refractivity contribution in [2.45, 2.75) is 20.0 Å². The Hall–Kier alpha value is -2.34. The largest absolute Gasteiger partial charge is 0.479 e. The molecule has 2 aromatic rings. The summed E-state index contributed by atoms with van der Waals surface area (Å²) in [6.07, 6.45) is 2.86. The highest BCUT2D eigenvalue weighted by molar-refractivity contribution is 6.32. The molecule has 1 aliphatic rings. The number of ether oxygens (including phenoxy) is 1. The van der Waals surface area contributed by atoms with E-state index >= 15 is 0 Å². The number of carbonyl (C=O) groups is 1. The van der Waals surface area contributed by atoms with Crippen molar-refractivity contribution in [1.82, 2.24) is 14.9 Å². The molecule has 132 valence electrons. The lowest BCUT2D eigenvalue weighted by molar-refractivity contribution is -0.138. The van der Waals surface area contributed by atoms with Gasteiger partial charge in [0.15, 0.2) is 6.10 Å². The molecule has 0 radical (unpaired) electrons. The summed E-state index contributed by atoms with van der Waals surface area (Å²) in [5.41, 5.74) is 1.04. The van der Waals surface area contributed by atoms with Crippen LogP contribution in [-0.2, 0) is 4.79 Å². The van der Waals surface area contributed by atoms with Crippen molar-refractivity contribution in [3.63, 3.8) is 0 Å². The summed E-state index contributed by atoms with van der Waals surface area (Å²) in [5.74, 6) is 1.20. The summed E-state index contributed by atoms with van der Waals surface area (Å²) in [5, 5.41) is 0.510. The highest BCUT2D eigenvalue weighted by Gasteiger charge is 2.27. The van der Waals surface area contributed by atoms with Gasteiger partial charge in [0.2, 0.25) is 5.95 Å². The molecule has 6 nitrogen and oxygen atoms in total. The molecule has 0 N–H and O–H groups in total. The normalized spacial score (nSPS) is 15.8. The number of rotatable bonds is 4. The number of nitrogens with zero attached hydrogens (tertiary/aromatic N) is 4. The van der Waals surface area contributed by atoms with Gasteiger partial charge in [-0.3, -0.25) is 4.79 Å². The number of benzene rings is 1. The number of halogens is 1. The summed E-state index contributed by atoms with van der Waals surface area (Å²) in [7, 11) is 0. The molecule has 0 unspecified atom stereocenters. The maximum Gasteiger partial charge on any atom is 0.263 e. The summed E-state index contributed by atoms with van der Waals surface area (Å²) < 4.78 is 5.79. The van der Waals surface area contributed by atoms with Gasteiger partial charge in [-0.2, -0.15) is 0 Å². The Labute approximate surface area is 152 Å². The summed E-state index contributed by atoms with van der Waals surface area (Å²) >= 11 is 6.15. The highest BCUT2D eigenvalue weighted by atomic mass is 35.5. The molecule has 0 saturated carbocycles. The topological polar surface area (TPSA) is 58.6 Å². The van der Waals surface area contributed by atoms with E-state index in [1.165, 1.54) is 0 Å². The third kappa shape index (κ3) is 4.20. The van der Waals surface area contributed by atoms with Crippen LogP contribution in [0, 0.1) is 6.92 Å². The van der Waals surface area contributed by atoms with Gasteiger partial charge in [0.1, 0.15) is 5.75 Å². The fourth-order valence-electron chi connectivity index (χ4n) is 2.78. The summed E-state index contributed by atoms with van der Waals surface area (Å²) in [6, 6.07) is 7.32. The van der Waals surface area contributed by atoms with E-state index in [4.69, 9.17) is 16.3 Å². The van der Waals surface area contributed by atoms with Crippen LogP contribution in [0.2, 0.25) is 5.02 Å². The van der Waals surface area contributed by atoms with Crippen molar-refractivity contribution < 1.29 is 9.53 Å². The number of aryl methyl sites for hydroxylation is 1. The maximum atomic E-state index is 12.6. The third-order valence-electron chi connectivity index (χ3n) is 4.16. The minimum Gasteiger partial charge on any atom is -0.479 e. The van der Waals surface area contributed by atoms with Crippen LogP contribution < -0.4 is 9.64 Å². The predicted molar refractivity (Wildman–Crippen MR) is 97.1 cm³/mol. The molecule has 1 atom stereocenters. The first kappa shape index (κ1) is 17.5. The zero-order valence-corrected chi connectivity index (χ0v) is 15.1. The van der Waals surface area contributed by atoms with Crippen LogP contribution in [0.15, 0.2) is 36.7 Å². The van der Waals surface area contributed by atoms with Crippen LogP contribution in [-0.4, -0.2) is 53.1 Å². The maximum absolute atomic E-state index is 12.6. The highest BCUT2D eigenvalue weighted by Crippen LogP contribution is 2.26. The average Bonchev–Trinajstić information content (AvgIpc) is 2.65. The van der Waals surface area contributed by atoms with E-state index in [2.05, 4.69) is 14.9 Å². The minimum absolute atomic E-state index is 0.0359. The van der Waals surface area contributed by atoms with Crippen molar-refractivity contribution in [1.29, 1.82) is 0 Å². The third-order valence-corrected chi connectivity index (χ3v) is 4.48. The zero-order valence-electron chi connectivity index (χ0n) is 14.4. The SMILES string of the molecule is Cc1ccc(Cl)c(O[C@@H](C)C(=O)N2CCN(c3ncccn3)CC2)c1.